The maximum Gasteiger partial charge on any atom is 0.251 e. The fourth-order valence-corrected chi connectivity index (χ4v) is 2.66. The third-order valence-corrected chi connectivity index (χ3v) is 4.04. The Balaban J connectivity index is 1.65. The number of ether oxygens (including phenoxy) is 2. The van der Waals surface area contributed by atoms with E-state index in [-0.39, 0.29) is 6.54 Å². The van der Waals surface area contributed by atoms with Gasteiger partial charge in [0.05, 0.1) is 7.11 Å². The Hall–Kier alpha value is -3.41. The fraction of sp³-hybridized carbons (Fsp3) is 0.136. The molecular weight excluding hydrogens is 364 g/mol. The average molecular weight is 383 g/mol. The molecule has 6 heteroatoms. The number of methoxy groups -OCH3 is 1. The Morgan fingerprint density at radius 3 is 2.29 bits per heavy atom. The van der Waals surface area contributed by atoms with Crippen molar-refractivity contribution in [2.24, 2.45) is 0 Å². The van der Waals surface area contributed by atoms with Crippen LogP contribution in [-0.2, 0) is 13.2 Å². The number of hydrogen-bond donors (Lipinski definition) is 1. The molecule has 0 saturated carbocycles. The van der Waals surface area contributed by atoms with Crippen LogP contribution in [0.1, 0.15) is 21.5 Å². The molecule has 0 heterocycles. The van der Waals surface area contributed by atoms with E-state index in [1.807, 2.05) is 30.3 Å². The summed E-state index contributed by atoms with van der Waals surface area (Å²) in [7, 11) is 1.49. The molecule has 1 amide bonds. The van der Waals surface area contributed by atoms with Crippen LogP contribution in [0.4, 0.5) is 8.78 Å². The Morgan fingerprint density at radius 2 is 1.61 bits per heavy atom. The van der Waals surface area contributed by atoms with Crippen molar-refractivity contribution in [1.82, 2.24) is 5.32 Å². The number of hydrogen-bond acceptors (Lipinski definition) is 3. The monoisotopic (exact) mass is 383 g/mol. The zero-order valence-electron chi connectivity index (χ0n) is 15.2. The van der Waals surface area contributed by atoms with Gasteiger partial charge in [-0.2, -0.15) is 0 Å². The summed E-state index contributed by atoms with van der Waals surface area (Å²) < 4.78 is 37.5. The largest absolute Gasteiger partial charge is 0.493 e. The third-order valence-electron chi connectivity index (χ3n) is 4.04. The first-order valence-electron chi connectivity index (χ1n) is 8.63. The molecule has 0 aliphatic heterocycles. The molecule has 0 radical (unpaired) electrons. The SMILES string of the molecule is COc1cc(C(=O)NCc2cc(F)cc(F)c2)ccc1OCc1ccccc1. The highest BCUT2D eigenvalue weighted by Gasteiger charge is 2.12. The highest BCUT2D eigenvalue weighted by molar-refractivity contribution is 5.94. The van der Waals surface area contributed by atoms with Gasteiger partial charge in [-0.05, 0) is 41.5 Å². The quantitative estimate of drug-likeness (QED) is 0.654. The summed E-state index contributed by atoms with van der Waals surface area (Å²) in [5.41, 5.74) is 1.69. The van der Waals surface area contributed by atoms with Crippen LogP contribution in [0.25, 0.3) is 0 Å². The van der Waals surface area contributed by atoms with E-state index in [9.17, 15) is 13.6 Å². The lowest BCUT2D eigenvalue weighted by Crippen LogP contribution is -2.23. The zero-order valence-corrected chi connectivity index (χ0v) is 15.2. The lowest BCUT2D eigenvalue weighted by Gasteiger charge is -2.12. The number of carbonyl (C=O) groups is 1. The molecule has 0 spiro atoms. The van der Waals surface area contributed by atoms with E-state index < -0.39 is 17.5 Å². The van der Waals surface area contributed by atoms with Crippen LogP contribution in [0.5, 0.6) is 11.5 Å². The van der Waals surface area contributed by atoms with Gasteiger partial charge in [0.2, 0.25) is 0 Å². The highest BCUT2D eigenvalue weighted by atomic mass is 19.1. The number of nitrogens with one attached hydrogen (secondary N) is 1. The molecule has 0 aliphatic rings. The molecular formula is C22H19F2NO3. The molecule has 0 unspecified atom stereocenters. The summed E-state index contributed by atoms with van der Waals surface area (Å²) in [4.78, 5) is 12.4. The third kappa shape index (κ3) is 5.07. The predicted molar refractivity (Wildman–Crippen MR) is 101 cm³/mol. The van der Waals surface area contributed by atoms with Crippen LogP contribution >= 0.6 is 0 Å². The lowest BCUT2D eigenvalue weighted by molar-refractivity contribution is 0.0950. The van der Waals surface area contributed by atoms with Crippen molar-refractivity contribution in [2.45, 2.75) is 13.2 Å². The van der Waals surface area contributed by atoms with Gasteiger partial charge in [0.1, 0.15) is 18.2 Å². The first-order chi connectivity index (χ1) is 13.5. The van der Waals surface area contributed by atoms with E-state index in [2.05, 4.69) is 5.32 Å². The van der Waals surface area contributed by atoms with Crippen molar-refractivity contribution in [2.75, 3.05) is 7.11 Å². The first-order valence-corrected chi connectivity index (χ1v) is 8.63. The van der Waals surface area contributed by atoms with Gasteiger partial charge in [0.15, 0.2) is 11.5 Å². The fourth-order valence-electron chi connectivity index (χ4n) is 2.66. The Morgan fingerprint density at radius 1 is 0.893 bits per heavy atom. The molecule has 0 atom stereocenters. The van der Waals surface area contributed by atoms with Crippen LogP contribution in [0.15, 0.2) is 66.7 Å². The molecule has 0 fully saturated rings. The van der Waals surface area contributed by atoms with Crippen LogP contribution in [0.3, 0.4) is 0 Å². The molecule has 4 nitrogen and oxygen atoms in total. The minimum Gasteiger partial charge on any atom is -0.493 e. The highest BCUT2D eigenvalue weighted by Crippen LogP contribution is 2.29. The van der Waals surface area contributed by atoms with Gasteiger partial charge in [0, 0.05) is 18.2 Å². The number of amides is 1. The molecule has 3 aromatic carbocycles. The number of halogens is 2. The standard InChI is InChI=1S/C22H19F2NO3/c1-27-21-11-17(7-8-20(21)28-14-15-5-3-2-4-6-15)22(26)25-13-16-9-18(23)12-19(24)10-16/h2-12H,13-14H2,1H3,(H,25,26). The topological polar surface area (TPSA) is 47.6 Å². The lowest BCUT2D eigenvalue weighted by atomic mass is 10.1. The maximum absolute atomic E-state index is 13.2. The van der Waals surface area contributed by atoms with Crippen molar-refractivity contribution in [1.29, 1.82) is 0 Å². The molecule has 3 rings (SSSR count). The van der Waals surface area contributed by atoms with Gasteiger partial charge in [-0.1, -0.05) is 30.3 Å². The Labute approximate surface area is 161 Å². The van der Waals surface area contributed by atoms with Crippen molar-refractivity contribution in [3.8, 4) is 11.5 Å². The van der Waals surface area contributed by atoms with E-state index in [1.165, 1.54) is 19.2 Å². The van der Waals surface area contributed by atoms with Crippen LogP contribution in [0.2, 0.25) is 0 Å². The Bertz CT molecular complexity index is 941. The molecule has 0 saturated heterocycles. The maximum atomic E-state index is 13.2. The second-order valence-corrected chi connectivity index (χ2v) is 6.10. The van der Waals surface area contributed by atoms with Crippen molar-refractivity contribution >= 4 is 5.91 Å². The average Bonchev–Trinajstić information content (AvgIpc) is 2.70. The van der Waals surface area contributed by atoms with Crippen molar-refractivity contribution in [3.05, 3.63) is 95.1 Å². The van der Waals surface area contributed by atoms with E-state index in [0.717, 1.165) is 11.6 Å². The number of rotatable bonds is 7. The zero-order chi connectivity index (χ0) is 19.9. The molecule has 0 bridgehead atoms. The van der Waals surface area contributed by atoms with Crippen molar-refractivity contribution < 1.29 is 23.0 Å². The summed E-state index contributed by atoms with van der Waals surface area (Å²) in [6.45, 7) is 0.371. The molecule has 28 heavy (non-hydrogen) atoms. The van der Waals surface area contributed by atoms with Gasteiger partial charge in [-0.15, -0.1) is 0 Å². The van der Waals surface area contributed by atoms with Gasteiger partial charge in [-0.3, -0.25) is 4.79 Å². The molecule has 1 N–H and O–H groups in total. The summed E-state index contributed by atoms with van der Waals surface area (Å²) in [5, 5.41) is 2.63. The van der Waals surface area contributed by atoms with E-state index in [4.69, 9.17) is 9.47 Å². The predicted octanol–water partition coefficient (Wildman–Crippen LogP) is 4.48. The summed E-state index contributed by atoms with van der Waals surface area (Å²) in [6, 6.07) is 17.6. The smallest absolute Gasteiger partial charge is 0.251 e. The molecule has 144 valence electrons. The Kier molecular flexibility index (Phi) is 6.22. The summed E-state index contributed by atoms with van der Waals surface area (Å²) in [6.07, 6.45) is 0. The first kappa shape index (κ1) is 19.4. The minimum absolute atomic E-state index is 0.00207. The van der Waals surface area contributed by atoms with Gasteiger partial charge >= 0.3 is 0 Å². The van der Waals surface area contributed by atoms with Gasteiger partial charge in [0.25, 0.3) is 5.91 Å². The summed E-state index contributed by atoms with van der Waals surface area (Å²) in [5.74, 6) is -0.843. The van der Waals surface area contributed by atoms with Gasteiger partial charge in [-0.25, -0.2) is 8.78 Å². The second kappa shape index (κ2) is 8.99. The van der Waals surface area contributed by atoms with Crippen LogP contribution < -0.4 is 14.8 Å². The molecule has 0 aromatic heterocycles. The summed E-state index contributed by atoms with van der Waals surface area (Å²) >= 11 is 0. The van der Waals surface area contributed by atoms with Crippen molar-refractivity contribution in [3.63, 3.8) is 0 Å². The van der Waals surface area contributed by atoms with Gasteiger partial charge < -0.3 is 14.8 Å². The second-order valence-electron chi connectivity index (χ2n) is 6.10. The van der Waals surface area contributed by atoms with Crippen LogP contribution in [0, 0.1) is 11.6 Å². The molecule has 0 aliphatic carbocycles. The normalized spacial score (nSPS) is 10.4. The van der Waals surface area contributed by atoms with E-state index in [1.54, 1.807) is 18.2 Å². The van der Waals surface area contributed by atoms with Crippen LogP contribution in [-0.4, -0.2) is 13.0 Å². The minimum atomic E-state index is -0.689. The number of carbonyl (C=O) groups excluding carboxylic acids is 1. The number of benzene rings is 3. The van der Waals surface area contributed by atoms with E-state index in [0.29, 0.717) is 29.2 Å². The molecule has 3 aromatic rings. The van der Waals surface area contributed by atoms with E-state index >= 15 is 0 Å².